The van der Waals surface area contributed by atoms with Crippen molar-refractivity contribution in [1.82, 2.24) is 24.3 Å². The fourth-order valence-corrected chi connectivity index (χ4v) is 6.60. The fourth-order valence-electron chi connectivity index (χ4n) is 6.47. The maximum Gasteiger partial charge on any atom is 0.410 e. The van der Waals surface area contributed by atoms with Crippen LogP contribution in [0.1, 0.15) is 60.8 Å². The van der Waals surface area contributed by atoms with Crippen molar-refractivity contribution in [3.05, 3.63) is 45.8 Å². The minimum atomic E-state index is -0.492. The Morgan fingerprint density at radius 2 is 1.71 bits per heavy atom. The van der Waals surface area contributed by atoms with Crippen molar-refractivity contribution >= 4 is 51.8 Å². The minimum absolute atomic E-state index is 0.0182. The van der Waals surface area contributed by atoms with Crippen LogP contribution in [0.5, 0.6) is 5.75 Å². The van der Waals surface area contributed by atoms with Gasteiger partial charge in [-0.25, -0.2) is 9.78 Å². The molecule has 0 bridgehead atoms. The summed E-state index contributed by atoms with van der Waals surface area (Å²) in [6.07, 6.45) is 3.62. The molecule has 0 atom stereocenters. The summed E-state index contributed by atoms with van der Waals surface area (Å²) in [7, 11) is 1.68. The molecule has 2 aliphatic heterocycles. The van der Waals surface area contributed by atoms with Gasteiger partial charge >= 0.3 is 6.09 Å². The highest BCUT2D eigenvalue weighted by atomic mass is 35.5. The number of aryl methyl sites for hydroxylation is 1. The summed E-state index contributed by atoms with van der Waals surface area (Å²) in [5, 5.41) is 4.47. The normalized spacial score (nSPS) is 16.7. The molecule has 1 N–H and O–H groups in total. The van der Waals surface area contributed by atoms with E-state index in [2.05, 4.69) is 33.9 Å². The number of aromatic nitrogens is 3. The third-order valence-corrected chi connectivity index (χ3v) is 9.77. The number of carbonyl (C=O) groups excluding carboxylic acids is 2. The first kappa shape index (κ1) is 35.4. The Kier molecular flexibility index (Phi) is 10.5. The van der Waals surface area contributed by atoms with Gasteiger partial charge in [0.15, 0.2) is 17.4 Å². The lowest BCUT2D eigenvalue weighted by Crippen LogP contribution is -2.59. The summed E-state index contributed by atoms with van der Waals surface area (Å²) in [5.74, 6) is 1.60. The molecule has 0 radical (unpaired) electrons. The highest BCUT2D eigenvalue weighted by Gasteiger charge is 2.40. The van der Waals surface area contributed by atoms with Crippen LogP contribution in [0.2, 0.25) is 5.02 Å². The molecule has 1 aromatic carbocycles. The van der Waals surface area contributed by atoms with Crippen LogP contribution in [0.25, 0.3) is 10.9 Å². The van der Waals surface area contributed by atoms with Crippen LogP contribution in [0.3, 0.4) is 0 Å². The molecule has 2 saturated heterocycles. The molecule has 1 amide bonds. The van der Waals surface area contributed by atoms with Crippen molar-refractivity contribution in [2.24, 2.45) is 13.0 Å². The predicted molar refractivity (Wildman–Crippen MR) is 189 cm³/mol. The van der Waals surface area contributed by atoms with E-state index in [1.165, 1.54) is 4.57 Å². The van der Waals surface area contributed by atoms with E-state index in [9.17, 15) is 14.4 Å². The molecule has 260 valence electrons. The number of halogens is 1. The highest BCUT2D eigenvalue weighted by molar-refractivity contribution is 6.32. The average molecular weight is 682 g/mol. The molecule has 12 nitrogen and oxygen atoms in total. The molecule has 13 heteroatoms. The van der Waals surface area contributed by atoms with E-state index in [-0.39, 0.29) is 35.3 Å². The highest BCUT2D eigenvalue weighted by Crippen LogP contribution is 2.35. The zero-order valence-corrected chi connectivity index (χ0v) is 29.9. The van der Waals surface area contributed by atoms with Gasteiger partial charge in [0.2, 0.25) is 5.95 Å². The van der Waals surface area contributed by atoms with Gasteiger partial charge < -0.3 is 29.2 Å². The van der Waals surface area contributed by atoms with Crippen molar-refractivity contribution in [3.63, 3.8) is 0 Å². The van der Waals surface area contributed by atoms with Crippen molar-refractivity contribution in [2.75, 3.05) is 56.1 Å². The summed E-state index contributed by atoms with van der Waals surface area (Å²) in [5.41, 5.74) is 0.642. The monoisotopic (exact) mass is 681 g/mol. The number of amides is 1. The van der Waals surface area contributed by atoms with Gasteiger partial charge in [0, 0.05) is 69.3 Å². The largest absolute Gasteiger partial charge is 0.480 e. The summed E-state index contributed by atoms with van der Waals surface area (Å²) in [4.78, 5) is 53.0. The number of anilines is 3. The molecule has 48 heavy (non-hydrogen) atoms. The Morgan fingerprint density at radius 1 is 1.02 bits per heavy atom. The number of rotatable bonds is 9. The Morgan fingerprint density at radius 3 is 2.35 bits per heavy atom. The zero-order chi connectivity index (χ0) is 34.8. The summed E-state index contributed by atoms with van der Waals surface area (Å²) >= 11 is 6.55. The van der Waals surface area contributed by atoms with E-state index in [1.54, 1.807) is 26.2 Å². The first-order valence-electron chi connectivity index (χ1n) is 16.7. The van der Waals surface area contributed by atoms with Crippen LogP contribution < -0.4 is 20.5 Å². The van der Waals surface area contributed by atoms with E-state index < -0.39 is 5.60 Å². The molecule has 0 spiro atoms. The van der Waals surface area contributed by atoms with Crippen LogP contribution in [-0.2, 0) is 16.6 Å². The number of ether oxygens (including phenoxy) is 2. The SMILES string of the molecule is CCC(=O)COc1cc2cc(Nc3nc(N4CCN(C(C)(C)C5CCN(C(=O)OC(C)(C)C)CC5)CC4)ncc3Cl)ccc2n(C)c1=O. The quantitative estimate of drug-likeness (QED) is 0.304. The van der Waals surface area contributed by atoms with Crippen molar-refractivity contribution in [1.29, 1.82) is 0 Å². The van der Waals surface area contributed by atoms with Gasteiger partial charge in [-0.3, -0.25) is 14.5 Å². The maximum atomic E-state index is 12.8. The molecule has 4 heterocycles. The topological polar surface area (TPSA) is 122 Å². The number of piperazine rings is 1. The number of nitrogens with one attached hydrogen (secondary N) is 1. The lowest BCUT2D eigenvalue weighted by atomic mass is 9.79. The van der Waals surface area contributed by atoms with E-state index >= 15 is 0 Å². The van der Waals surface area contributed by atoms with Gasteiger partial charge in [-0.1, -0.05) is 18.5 Å². The number of fused-ring (bicyclic) bond motifs is 1. The molecule has 0 aliphatic carbocycles. The van der Waals surface area contributed by atoms with E-state index in [0.717, 1.165) is 55.6 Å². The molecular weight excluding hydrogens is 634 g/mol. The molecule has 2 fully saturated rings. The van der Waals surface area contributed by atoms with Gasteiger partial charge in [-0.2, -0.15) is 4.98 Å². The number of Topliss-reactive ketones (excluding diaryl/α,β-unsaturated/α-hetero) is 1. The Balaban J connectivity index is 1.22. The number of pyridine rings is 1. The van der Waals surface area contributed by atoms with E-state index in [1.807, 2.05) is 43.9 Å². The fraction of sp³-hybridized carbons (Fsp3) is 0.571. The van der Waals surface area contributed by atoms with Crippen LogP contribution in [0, 0.1) is 5.92 Å². The third-order valence-electron chi connectivity index (χ3n) is 9.49. The van der Waals surface area contributed by atoms with Gasteiger partial charge in [0.1, 0.15) is 17.2 Å². The van der Waals surface area contributed by atoms with Crippen LogP contribution in [0.4, 0.5) is 22.2 Å². The van der Waals surface area contributed by atoms with Crippen molar-refractivity contribution in [3.8, 4) is 5.75 Å². The zero-order valence-electron chi connectivity index (χ0n) is 29.1. The number of hydrogen-bond acceptors (Lipinski definition) is 10. The van der Waals surface area contributed by atoms with Crippen molar-refractivity contribution in [2.45, 2.75) is 71.9 Å². The second-order valence-electron chi connectivity index (χ2n) is 14.2. The van der Waals surface area contributed by atoms with E-state index in [0.29, 0.717) is 42.2 Å². The summed E-state index contributed by atoms with van der Waals surface area (Å²) < 4.78 is 12.7. The summed E-state index contributed by atoms with van der Waals surface area (Å²) in [6, 6.07) is 7.25. The number of ketones is 1. The average Bonchev–Trinajstić information content (AvgIpc) is 3.06. The summed E-state index contributed by atoms with van der Waals surface area (Å²) in [6.45, 7) is 16.6. The molecule has 5 rings (SSSR count). The van der Waals surface area contributed by atoms with Crippen LogP contribution in [0.15, 0.2) is 35.3 Å². The number of hydrogen-bond donors (Lipinski definition) is 1. The number of benzene rings is 1. The second kappa shape index (κ2) is 14.3. The minimum Gasteiger partial charge on any atom is -0.480 e. The predicted octanol–water partition coefficient (Wildman–Crippen LogP) is 5.63. The second-order valence-corrected chi connectivity index (χ2v) is 14.6. The Labute approximate surface area is 287 Å². The number of likely N-dealkylation sites (tertiary alicyclic amines) is 1. The number of nitrogens with zero attached hydrogens (tertiary/aromatic N) is 6. The first-order valence-corrected chi connectivity index (χ1v) is 17.1. The smallest absolute Gasteiger partial charge is 0.410 e. The lowest BCUT2D eigenvalue weighted by Gasteiger charge is -2.50. The lowest BCUT2D eigenvalue weighted by molar-refractivity contribution is -0.120. The van der Waals surface area contributed by atoms with Crippen LogP contribution in [-0.4, -0.2) is 93.2 Å². The van der Waals surface area contributed by atoms with Crippen molar-refractivity contribution < 1.29 is 19.1 Å². The molecule has 0 unspecified atom stereocenters. The van der Waals surface area contributed by atoms with Gasteiger partial charge in [0.25, 0.3) is 5.56 Å². The molecule has 0 saturated carbocycles. The van der Waals surface area contributed by atoms with E-state index in [4.69, 9.17) is 26.1 Å². The standard InChI is InChI=1S/C35H48ClN7O5/c1-8-26(44)22-47-29-20-23-19-25(9-10-28(23)40(7)31(29)45)38-30-27(36)21-37-32(39-30)41-15-17-43(18-16-41)35(5,6)24-11-13-42(14-12-24)33(46)48-34(2,3)4/h9-10,19-21,24H,8,11-18,22H2,1-7H3,(H,37,38,39). The molecule has 2 aliphatic rings. The maximum absolute atomic E-state index is 12.8. The molecule has 3 aromatic rings. The van der Waals surface area contributed by atoms with Gasteiger partial charge in [-0.05, 0) is 77.6 Å². The van der Waals surface area contributed by atoms with Gasteiger partial charge in [0.05, 0.1) is 11.7 Å². The Bertz CT molecular complexity index is 1700. The number of carbonyl (C=O) groups is 2. The third kappa shape index (κ3) is 8.03. The molecular formula is C35H48ClN7O5. The Hall–Kier alpha value is -3.90. The molecule has 2 aromatic heterocycles. The van der Waals surface area contributed by atoms with Gasteiger partial charge in [-0.15, -0.1) is 0 Å². The first-order chi connectivity index (χ1) is 22.7. The van der Waals surface area contributed by atoms with Crippen LogP contribution >= 0.6 is 11.6 Å². The number of piperidine rings is 1.